The molecular formula is C25H31N6O2+. The van der Waals surface area contributed by atoms with E-state index in [0.29, 0.717) is 29.7 Å². The zero-order chi connectivity index (χ0) is 23.7. The Morgan fingerprint density at radius 1 is 1.09 bits per heavy atom. The summed E-state index contributed by atoms with van der Waals surface area (Å²) < 4.78 is 15.0. The predicted molar refractivity (Wildman–Crippen MR) is 126 cm³/mol. The lowest BCUT2D eigenvalue weighted by Gasteiger charge is -2.15. The summed E-state index contributed by atoms with van der Waals surface area (Å²) in [5, 5.41) is 3.32. The van der Waals surface area contributed by atoms with Crippen molar-refractivity contribution in [3.8, 4) is 28.8 Å². The molecule has 8 heteroatoms. The largest absolute Gasteiger partial charge is 0.496 e. The van der Waals surface area contributed by atoms with Gasteiger partial charge in [0.15, 0.2) is 0 Å². The number of hydrogen-bond acceptors (Lipinski definition) is 5. The van der Waals surface area contributed by atoms with Crippen molar-refractivity contribution < 1.29 is 14.2 Å². The maximum atomic E-state index is 5.59. The Morgan fingerprint density at radius 2 is 1.88 bits per heavy atom. The number of ether oxygens (including phenoxy) is 2. The van der Waals surface area contributed by atoms with E-state index >= 15 is 0 Å². The highest BCUT2D eigenvalue weighted by Gasteiger charge is 2.23. The molecule has 0 amide bonds. The maximum Gasteiger partial charge on any atom is 0.323 e. The Labute approximate surface area is 194 Å². The summed E-state index contributed by atoms with van der Waals surface area (Å²) in [5.74, 6) is 3.43. The highest BCUT2D eigenvalue weighted by molar-refractivity contribution is 5.55. The molecule has 0 saturated carbocycles. The lowest BCUT2D eigenvalue weighted by molar-refractivity contribution is -0.734. The standard InChI is InChI=1S/C25H30N6O2/c1-15(2)19-11-18(16(3)10-22(19)32-6)12-23-28-24(29-30(23)5)20-8-9-21(25(27-20)33-7)31-13-17(4)26-14-31/h8-11,13-15H,12H2,1-7H3/p+1. The quantitative estimate of drug-likeness (QED) is 0.436. The summed E-state index contributed by atoms with van der Waals surface area (Å²) in [7, 11) is 5.31. The maximum absolute atomic E-state index is 5.59. The van der Waals surface area contributed by atoms with E-state index in [1.165, 1.54) is 16.7 Å². The Kier molecular flexibility index (Phi) is 6.18. The van der Waals surface area contributed by atoms with E-state index in [-0.39, 0.29) is 0 Å². The first-order valence-corrected chi connectivity index (χ1v) is 11.0. The normalized spacial score (nSPS) is 11.3. The summed E-state index contributed by atoms with van der Waals surface area (Å²) in [6, 6.07) is 8.25. The lowest BCUT2D eigenvalue weighted by atomic mass is 9.95. The van der Waals surface area contributed by atoms with E-state index in [1.807, 2.05) is 41.5 Å². The van der Waals surface area contributed by atoms with Gasteiger partial charge in [0, 0.05) is 6.20 Å². The van der Waals surface area contributed by atoms with E-state index in [0.717, 1.165) is 23.0 Å². The van der Waals surface area contributed by atoms with Crippen LogP contribution in [-0.4, -0.2) is 38.8 Å². The van der Waals surface area contributed by atoms with Gasteiger partial charge < -0.3 is 14.0 Å². The van der Waals surface area contributed by atoms with Gasteiger partial charge in [0.05, 0.1) is 32.7 Å². The van der Waals surface area contributed by atoms with Crippen molar-refractivity contribution in [2.45, 2.75) is 40.0 Å². The Hall–Kier alpha value is -3.68. The van der Waals surface area contributed by atoms with Crippen LogP contribution in [0.2, 0.25) is 0 Å². The number of pyridine rings is 1. The highest BCUT2D eigenvalue weighted by atomic mass is 16.5. The third kappa shape index (κ3) is 4.46. The number of rotatable bonds is 7. The second-order valence-electron chi connectivity index (χ2n) is 8.55. The second kappa shape index (κ2) is 9.05. The van der Waals surface area contributed by atoms with Crippen molar-refractivity contribution >= 4 is 0 Å². The summed E-state index contributed by atoms with van der Waals surface area (Å²) in [4.78, 5) is 13.8. The fraction of sp³-hybridized carbons (Fsp3) is 0.360. The van der Waals surface area contributed by atoms with Crippen molar-refractivity contribution in [1.82, 2.24) is 24.6 Å². The minimum Gasteiger partial charge on any atom is -0.496 e. The number of H-pyrrole nitrogens is 1. The number of aromatic amines is 1. The van der Waals surface area contributed by atoms with Crippen LogP contribution < -0.4 is 14.2 Å². The van der Waals surface area contributed by atoms with E-state index < -0.39 is 0 Å². The molecule has 0 aliphatic carbocycles. The predicted octanol–water partition coefficient (Wildman–Crippen LogP) is 3.83. The van der Waals surface area contributed by atoms with E-state index in [1.54, 1.807) is 20.5 Å². The number of nitrogens with zero attached hydrogens (tertiary/aromatic N) is 5. The van der Waals surface area contributed by atoms with Crippen molar-refractivity contribution in [1.29, 1.82) is 0 Å². The topological polar surface area (TPSA) is 81.7 Å². The van der Waals surface area contributed by atoms with Crippen LogP contribution in [0.25, 0.3) is 17.2 Å². The molecule has 8 nitrogen and oxygen atoms in total. The molecule has 0 atom stereocenters. The summed E-state index contributed by atoms with van der Waals surface area (Å²) >= 11 is 0. The minimum absolute atomic E-state index is 0.372. The van der Waals surface area contributed by atoms with E-state index in [2.05, 4.69) is 43.0 Å². The number of benzene rings is 1. The number of hydrogen-bond donors (Lipinski definition) is 1. The van der Waals surface area contributed by atoms with Crippen molar-refractivity contribution in [2.24, 2.45) is 7.05 Å². The monoisotopic (exact) mass is 447 g/mol. The molecule has 0 aliphatic heterocycles. The van der Waals surface area contributed by atoms with Crippen LogP contribution >= 0.6 is 0 Å². The van der Waals surface area contributed by atoms with Crippen LogP contribution in [0.15, 0.2) is 36.8 Å². The molecule has 0 spiro atoms. The van der Waals surface area contributed by atoms with Gasteiger partial charge in [0.2, 0.25) is 5.88 Å². The fourth-order valence-electron chi connectivity index (χ4n) is 3.92. The van der Waals surface area contributed by atoms with Crippen LogP contribution in [-0.2, 0) is 13.5 Å². The van der Waals surface area contributed by atoms with Gasteiger partial charge in [-0.2, -0.15) is 9.78 Å². The molecule has 0 unspecified atom stereocenters. The molecule has 172 valence electrons. The summed E-state index contributed by atoms with van der Waals surface area (Å²) in [6.45, 7) is 8.41. The molecule has 4 rings (SSSR count). The average Bonchev–Trinajstić information content (AvgIpc) is 3.39. The molecule has 1 aromatic carbocycles. The smallest absolute Gasteiger partial charge is 0.323 e. The van der Waals surface area contributed by atoms with Gasteiger partial charge in [-0.3, -0.25) is 0 Å². The van der Waals surface area contributed by atoms with Gasteiger partial charge in [0.1, 0.15) is 24.2 Å². The average molecular weight is 448 g/mol. The zero-order valence-corrected chi connectivity index (χ0v) is 20.3. The Balaban J connectivity index is 1.66. The summed E-state index contributed by atoms with van der Waals surface area (Å²) in [6.07, 6.45) is 4.39. The van der Waals surface area contributed by atoms with E-state index in [9.17, 15) is 0 Å². The van der Waals surface area contributed by atoms with Gasteiger partial charge >= 0.3 is 11.6 Å². The number of methoxy groups -OCH3 is 2. The molecule has 0 aliphatic rings. The van der Waals surface area contributed by atoms with Crippen molar-refractivity contribution in [2.75, 3.05) is 14.2 Å². The van der Waals surface area contributed by atoms with E-state index in [4.69, 9.17) is 19.4 Å². The molecule has 0 bridgehead atoms. The molecule has 0 fully saturated rings. The first-order chi connectivity index (χ1) is 15.8. The molecule has 1 N–H and O–H groups in total. The first kappa shape index (κ1) is 22.5. The zero-order valence-electron chi connectivity index (χ0n) is 20.3. The molecular weight excluding hydrogens is 416 g/mol. The van der Waals surface area contributed by atoms with Gasteiger partial charge in [-0.1, -0.05) is 19.9 Å². The molecule has 0 saturated heterocycles. The molecule has 0 radical (unpaired) electrons. The van der Waals surface area contributed by atoms with Crippen LogP contribution in [0.1, 0.15) is 48.0 Å². The first-order valence-electron chi connectivity index (χ1n) is 11.0. The van der Waals surface area contributed by atoms with Crippen LogP contribution in [0.4, 0.5) is 0 Å². The van der Waals surface area contributed by atoms with Crippen LogP contribution in [0.3, 0.4) is 0 Å². The van der Waals surface area contributed by atoms with Gasteiger partial charge in [-0.05, 0) is 59.6 Å². The highest BCUT2D eigenvalue weighted by Crippen LogP contribution is 2.30. The Bertz CT molecular complexity index is 1290. The lowest BCUT2D eigenvalue weighted by Crippen LogP contribution is -2.34. The SMILES string of the molecule is COc1cc(C)c(Cc2nc(-c3ccc(-n4cnc(C)c4)c(OC)n3)[nH][n+]2C)cc1C(C)C. The minimum atomic E-state index is 0.372. The Morgan fingerprint density at radius 3 is 2.52 bits per heavy atom. The third-order valence-electron chi connectivity index (χ3n) is 5.83. The molecule has 33 heavy (non-hydrogen) atoms. The fourth-order valence-corrected chi connectivity index (χ4v) is 3.92. The van der Waals surface area contributed by atoms with Crippen LogP contribution in [0, 0.1) is 13.8 Å². The molecule has 3 aromatic heterocycles. The number of aryl methyl sites for hydroxylation is 3. The van der Waals surface area contributed by atoms with Crippen LogP contribution in [0.5, 0.6) is 11.6 Å². The number of imidazole rings is 1. The van der Waals surface area contributed by atoms with Gasteiger partial charge in [-0.25, -0.2) is 9.97 Å². The molecule has 4 aromatic rings. The van der Waals surface area contributed by atoms with Gasteiger partial charge in [-0.15, -0.1) is 0 Å². The van der Waals surface area contributed by atoms with Gasteiger partial charge in [0.25, 0.3) is 0 Å². The van der Waals surface area contributed by atoms with Crippen molar-refractivity contribution in [3.05, 3.63) is 65.0 Å². The number of aromatic nitrogens is 6. The third-order valence-corrected chi connectivity index (χ3v) is 5.83. The summed E-state index contributed by atoms with van der Waals surface area (Å²) in [5.41, 5.74) is 6.08. The number of nitrogens with one attached hydrogen (secondary N) is 1. The second-order valence-corrected chi connectivity index (χ2v) is 8.55. The molecule has 3 heterocycles. The van der Waals surface area contributed by atoms with Crippen molar-refractivity contribution in [3.63, 3.8) is 0 Å².